The molecule has 0 saturated carbocycles. The third-order valence-electron chi connectivity index (χ3n) is 4.89. The molecular formula is C19H39NO5S. The van der Waals surface area contributed by atoms with Crippen LogP contribution in [0.5, 0.6) is 0 Å². The largest absolute Gasteiger partial charge is 0.449 e. The molecule has 0 fully saturated rings. The minimum atomic E-state index is -4.11. The molecule has 0 heterocycles. The molecule has 1 N–H and O–H groups in total. The van der Waals surface area contributed by atoms with Crippen molar-refractivity contribution in [2.75, 3.05) is 25.4 Å². The molecule has 0 aromatic carbocycles. The summed E-state index contributed by atoms with van der Waals surface area (Å²) < 4.78 is 36.7. The van der Waals surface area contributed by atoms with E-state index in [1.807, 2.05) is 0 Å². The normalized spacial score (nSPS) is 14.0. The second-order valence-corrected chi connectivity index (χ2v) is 8.71. The maximum absolute atomic E-state index is 12.5. The molecule has 6 nitrogen and oxygen atoms in total. The number of hydrogen-bond donors (Lipinski definition) is 1. The standard InChI is InChI=1S/C19H39NO5S/c1-5-9-11-17(7-3)15-20(13-14-26(22,23)24)19(21)25-16-18(8-4)12-10-6-2/h17-18H,5-16H2,1-4H3,(H,22,23,24)/t17-,18+/m1/s1. The number of unbranched alkanes of at least 4 members (excludes halogenated alkanes) is 2. The van der Waals surface area contributed by atoms with Crippen LogP contribution in [0.25, 0.3) is 0 Å². The minimum Gasteiger partial charge on any atom is -0.449 e. The highest BCUT2D eigenvalue weighted by molar-refractivity contribution is 7.85. The zero-order valence-corrected chi connectivity index (χ0v) is 17.9. The lowest BCUT2D eigenvalue weighted by molar-refractivity contribution is 0.0805. The molecule has 0 aromatic rings. The number of carbonyl (C=O) groups is 1. The predicted molar refractivity (Wildman–Crippen MR) is 106 cm³/mol. The fourth-order valence-electron chi connectivity index (χ4n) is 2.89. The van der Waals surface area contributed by atoms with E-state index in [0.717, 1.165) is 51.4 Å². The van der Waals surface area contributed by atoms with Gasteiger partial charge in [-0.25, -0.2) is 4.79 Å². The number of carbonyl (C=O) groups excluding carboxylic acids is 1. The van der Waals surface area contributed by atoms with Crippen molar-refractivity contribution in [2.24, 2.45) is 11.8 Å². The van der Waals surface area contributed by atoms with E-state index < -0.39 is 22.0 Å². The van der Waals surface area contributed by atoms with Gasteiger partial charge in [-0.1, -0.05) is 66.2 Å². The average molecular weight is 394 g/mol. The molecule has 0 aliphatic carbocycles. The maximum atomic E-state index is 12.5. The van der Waals surface area contributed by atoms with Crippen LogP contribution in [0, 0.1) is 11.8 Å². The highest BCUT2D eigenvalue weighted by atomic mass is 32.2. The summed E-state index contributed by atoms with van der Waals surface area (Å²) in [5.74, 6) is 0.189. The third kappa shape index (κ3) is 12.5. The summed E-state index contributed by atoms with van der Waals surface area (Å²) in [7, 11) is -4.11. The van der Waals surface area contributed by atoms with E-state index >= 15 is 0 Å². The quantitative estimate of drug-likeness (QED) is 0.406. The Balaban J connectivity index is 4.80. The van der Waals surface area contributed by atoms with E-state index in [4.69, 9.17) is 9.29 Å². The Morgan fingerprint density at radius 3 is 2.00 bits per heavy atom. The zero-order chi connectivity index (χ0) is 20.0. The molecule has 0 aliphatic rings. The first-order chi connectivity index (χ1) is 12.3. The van der Waals surface area contributed by atoms with Crippen molar-refractivity contribution < 1.29 is 22.5 Å². The lowest BCUT2D eigenvalue weighted by Crippen LogP contribution is -2.39. The van der Waals surface area contributed by atoms with Crippen LogP contribution in [-0.2, 0) is 14.9 Å². The van der Waals surface area contributed by atoms with Gasteiger partial charge in [-0.05, 0) is 24.7 Å². The van der Waals surface area contributed by atoms with Crippen LogP contribution in [0.4, 0.5) is 4.79 Å². The van der Waals surface area contributed by atoms with Crippen LogP contribution in [0.2, 0.25) is 0 Å². The van der Waals surface area contributed by atoms with Gasteiger partial charge in [-0.15, -0.1) is 0 Å². The number of ether oxygens (including phenoxy) is 1. The topological polar surface area (TPSA) is 83.9 Å². The Bertz CT molecular complexity index is 467. The Morgan fingerprint density at radius 1 is 1.00 bits per heavy atom. The van der Waals surface area contributed by atoms with Gasteiger partial charge in [0.15, 0.2) is 0 Å². The maximum Gasteiger partial charge on any atom is 0.409 e. The molecule has 1 amide bonds. The smallest absolute Gasteiger partial charge is 0.409 e. The minimum absolute atomic E-state index is 0.0357. The average Bonchev–Trinajstić information content (AvgIpc) is 2.60. The molecule has 7 heteroatoms. The predicted octanol–water partition coefficient (Wildman–Crippen LogP) is 4.75. The molecule has 0 unspecified atom stereocenters. The van der Waals surface area contributed by atoms with Crippen LogP contribution in [0.1, 0.15) is 79.1 Å². The SMILES string of the molecule is CCCC[C@@H](CC)CN(CCS(=O)(=O)O)C(=O)OC[C@@H](CC)CCCC. The molecular weight excluding hydrogens is 354 g/mol. The molecule has 26 heavy (non-hydrogen) atoms. The fraction of sp³-hybridized carbons (Fsp3) is 0.947. The van der Waals surface area contributed by atoms with Crippen molar-refractivity contribution in [3.63, 3.8) is 0 Å². The Labute approximate surface area is 160 Å². The second kappa shape index (κ2) is 14.3. The van der Waals surface area contributed by atoms with Gasteiger partial charge in [-0.3, -0.25) is 4.55 Å². The Hall–Kier alpha value is -0.820. The van der Waals surface area contributed by atoms with Gasteiger partial charge in [0.2, 0.25) is 0 Å². The molecule has 0 aromatic heterocycles. The summed E-state index contributed by atoms with van der Waals surface area (Å²) in [4.78, 5) is 14.0. The fourth-order valence-corrected chi connectivity index (χ4v) is 3.34. The van der Waals surface area contributed by atoms with Crippen molar-refractivity contribution in [3.8, 4) is 0 Å². The van der Waals surface area contributed by atoms with Gasteiger partial charge < -0.3 is 9.64 Å². The molecule has 0 rings (SSSR count). The van der Waals surface area contributed by atoms with E-state index in [0.29, 0.717) is 25.0 Å². The second-order valence-electron chi connectivity index (χ2n) is 7.14. The first-order valence-corrected chi connectivity index (χ1v) is 11.7. The monoisotopic (exact) mass is 393 g/mol. The first kappa shape index (κ1) is 25.2. The van der Waals surface area contributed by atoms with Crippen LogP contribution < -0.4 is 0 Å². The van der Waals surface area contributed by atoms with E-state index in [9.17, 15) is 13.2 Å². The molecule has 0 spiro atoms. The van der Waals surface area contributed by atoms with Crippen LogP contribution in [-0.4, -0.2) is 49.4 Å². The van der Waals surface area contributed by atoms with Crippen molar-refractivity contribution in [1.82, 2.24) is 4.90 Å². The molecule has 2 atom stereocenters. The molecule has 0 saturated heterocycles. The van der Waals surface area contributed by atoms with Crippen molar-refractivity contribution >= 4 is 16.2 Å². The first-order valence-electron chi connectivity index (χ1n) is 10.1. The van der Waals surface area contributed by atoms with E-state index in [1.165, 1.54) is 4.90 Å². The summed E-state index contributed by atoms with van der Waals surface area (Å²) in [6, 6.07) is 0. The number of nitrogens with zero attached hydrogens (tertiary/aromatic N) is 1. The van der Waals surface area contributed by atoms with Crippen molar-refractivity contribution in [2.45, 2.75) is 79.1 Å². The Kier molecular flexibility index (Phi) is 13.8. The van der Waals surface area contributed by atoms with Gasteiger partial charge >= 0.3 is 6.09 Å². The lowest BCUT2D eigenvalue weighted by atomic mass is 9.99. The summed E-state index contributed by atoms with van der Waals surface area (Å²) in [5.41, 5.74) is 0. The lowest BCUT2D eigenvalue weighted by Gasteiger charge is -2.27. The van der Waals surface area contributed by atoms with E-state index in [2.05, 4.69) is 27.7 Å². The third-order valence-corrected chi connectivity index (χ3v) is 5.58. The van der Waals surface area contributed by atoms with Crippen LogP contribution in [0.15, 0.2) is 0 Å². The van der Waals surface area contributed by atoms with Crippen molar-refractivity contribution in [1.29, 1.82) is 0 Å². The van der Waals surface area contributed by atoms with Crippen molar-refractivity contribution in [3.05, 3.63) is 0 Å². The highest BCUT2D eigenvalue weighted by Crippen LogP contribution is 2.17. The van der Waals surface area contributed by atoms with Gasteiger partial charge in [0.05, 0.1) is 12.4 Å². The molecule has 0 radical (unpaired) electrons. The van der Waals surface area contributed by atoms with E-state index in [1.54, 1.807) is 0 Å². The molecule has 0 aliphatic heterocycles. The van der Waals surface area contributed by atoms with Gasteiger partial charge in [0, 0.05) is 13.1 Å². The van der Waals surface area contributed by atoms with Gasteiger partial charge in [0.1, 0.15) is 0 Å². The zero-order valence-electron chi connectivity index (χ0n) is 17.1. The number of amides is 1. The van der Waals surface area contributed by atoms with Gasteiger partial charge in [0.25, 0.3) is 10.1 Å². The van der Waals surface area contributed by atoms with Crippen LogP contribution >= 0.6 is 0 Å². The molecule has 0 bridgehead atoms. The summed E-state index contributed by atoms with van der Waals surface area (Å²) in [6.07, 6.45) is 7.80. The summed E-state index contributed by atoms with van der Waals surface area (Å²) in [5, 5.41) is 0. The molecule has 156 valence electrons. The van der Waals surface area contributed by atoms with Gasteiger partial charge in [-0.2, -0.15) is 8.42 Å². The highest BCUT2D eigenvalue weighted by Gasteiger charge is 2.22. The van der Waals surface area contributed by atoms with Crippen LogP contribution in [0.3, 0.4) is 0 Å². The number of hydrogen-bond acceptors (Lipinski definition) is 4. The Morgan fingerprint density at radius 2 is 1.54 bits per heavy atom. The number of rotatable bonds is 15. The van der Waals surface area contributed by atoms with E-state index in [-0.39, 0.29) is 6.54 Å². The summed E-state index contributed by atoms with van der Waals surface area (Å²) in [6.45, 7) is 9.22. The summed E-state index contributed by atoms with van der Waals surface area (Å²) >= 11 is 0.